The maximum atomic E-state index is 11.3. The van der Waals surface area contributed by atoms with Gasteiger partial charge in [-0.2, -0.15) is 0 Å². The minimum Gasteiger partial charge on any atom is -0.480 e. The first-order valence-electron chi connectivity index (χ1n) is 6.34. The summed E-state index contributed by atoms with van der Waals surface area (Å²) >= 11 is 0. The molecule has 0 bridgehead atoms. The van der Waals surface area contributed by atoms with E-state index < -0.39 is 12.0 Å². The highest BCUT2D eigenvalue weighted by molar-refractivity contribution is 5.79. The molecule has 19 heavy (non-hydrogen) atoms. The molecule has 2 aromatic heterocycles. The third-order valence-electron chi connectivity index (χ3n) is 3.55. The van der Waals surface area contributed by atoms with Crippen LogP contribution in [0.5, 0.6) is 0 Å². The number of piperazine rings is 1. The lowest BCUT2D eigenvalue weighted by Gasteiger charge is -2.33. The maximum absolute atomic E-state index is 11.3. The van der Waals surface area contributed by atoms with Crippen molar-refractivity contribution in [2.24, 2.45) is 0 Å². The van der Waals surface area contributed by atoms with E-state index in [0.29, 0.717) is 13.1 Å². The summed E-state index contributed by atoms with van der Waals surface area (Å²) < 4.78 is 0. The molecule has 1 unspecified atom stereocenters. The molecule has 1 fully saturated rings. The number of carbonyl (C=O) groups is 1. The lowest BCUT2D eigenvalue weighted by Crippen LogP contribution is -2.54. The molecule has 1 saturated heterocycles. The minimum absolute atomic E-state index is 0.463. The average molecular weight is 260 g/mol. The number of hydrogen-bond donors (Lipinski definition) is 3. The molecule has 0 amide bonds. The number of nitrogens with zero attached hydrogens (tertiary/aromatic N) is 2. The number of hydrogen-bond acceptors (Lipinski definition) is 4. The zero-order valence-corrected chi connectivity index (χ0v) is 10.5. The van der Waals surface area contributed by atoms with Crippen molar-refractivity contribution in [3.63, 3.8) is 0 Å². The first-order chi connectivity index (χ1) is 9.25. The van der Waals surface area contributed by atoms with Gasteiger partial charge in [0.05, 0.1) is 0 Å². The fourth-order valence-corrected chi connectivity index (χ4v) is 2.54. The second kappa shape index (κ2) is 4.99. The van der Waals surface area contributed by atoms with Crippen LogP contribution in [0.3, 0.4) is 0 Å². The van der Waals surface area contributed by atoms with Crippen LogP contribution in [-0.4, -0.2) is 51.6 Å². The van der Waals surface area contributed by atoms with Gasteiger partial charge in [-0.3, -0.25) is 9.69 Å². The van der Waals surface area contributed by atoms with Crippen LogP contribution < -0.4 is 5.32 Å². The lowest BCUT2D eigenvalue weighted by molar-refractivity contribution is -0.144. The molecule has 0 spiro atoms. The van der Waals surface area contributed by atoms with Crippen molar-refractivity contribution in [2.45, 2.75) is 12.6 Å². The second-order valence-electron chi connectivity index (χ2n) is 4.74. The van der Waals surface area contributed by atoms with E-state index in [1.165, 1.54) is 0 Å². The van der Waals surface area contributed by atoms with E-state index in [9.17, 15) is 9.90 Å². The van der Waals surface area contributed by atoms with Gasteiger partial charge in [0.25, 0.3) is 0 Å². The van der Waals surface area contributed by atoms with E-state index in [1.54, 1.807) is 6.20 Å². The van der Waals surface area contributed by atoms with Crippen LogP contribution in [-0.2, 0) is 11.3 Å². The summed E-state index contributed by atoms with van der Waals surface area (Å²) in [4.78, 5) is 20.6. The van der Waals surface area contributed by atoms with Crippen LogP contribution in [0.4, 0.5) is 0 Å². The number of carboxylic acid groups (broad SMARTS) is 1. The van der Waals surface area contributed by atoms with Crippen LogP contribution >= 0.6 is 0 Å². The standard InChI is InChI=1S/C13H16N4O2/c18-13(19)11-7-14-4-5-17(11)8-9-6-16-12-10(9)2-1-3-15-12/h1-3,6,11,14H,4-5,7-8H2,(H,15,16)(H,18,19). The van der Waals surface area contributed by atoms with E-state index in [-0.39, 0.29) is 0 Å². The summed E-state index contributed by atoms with van der Waals surface area (Å²) in [5.41, 5.74) is 1.94. The van der Waals surface area contributed by atoms with Crippen molar-refractivity contribution in [3.05, 3.63) is 30.1 Å². The minimum atomic E-state index is -0.773. The highest BCUT2D eigenvalue weighted by Crippen LogP contribution is 2.19. The predicted octanol–water partition coefficient (Wildman–Crippen LogP) is 0.421. The van der Waals surface area contributed by atoms with Gasteiger partial charge in [0.15, 0.2) is 0 Å². The van der Waals surface area contributed by atoms with E-state index in [4.69, 9.17) is 0 Å². The van der Waals surface area contributed by atoms with Crippen LogP contribution in [0.2, 0.25) is 0 Å². The van der Waals surface area contributed by atoms with Gasteiger partial charge in [0.2, 0.25) is 0 Å². The van der Waals surface area contributed by atoms with E-state index in [0.717, 1.165) is 29.7 Å². The maximum Gasteiger partial charge on any atom is 0.322 e. The third kappa shape index (κ3) is 2.32. The molecule has 0 saturated carbocycles. The normalized spacial score (nSPS) is 20.7. The van der Waals surface area contributed by atoms with Gasteiger partial charge in [-0.25, -0.2) is 4.98 Å². The molecule has 3 heterocycles. The number of aromatic nitrogens is 2. The number of nitrogens with one attached hydrogen (secondary N) is 2. The Labute approximate surface area is 110 Å². The van der Waals surface area contributed by atoms with E-state index >= 15 is 0 Å². The molecule has 6 heteroatoms. The second-order valence-corrected chi connectivity index (χ2v) is 4.74. The van der Waals surface area contributed by atoms with Crippen molar-refractivity contribution in [1.82, 2.24) is 20.2 Å². The van der Waals surface area contributed by atoms with Crippen molar-refractivity contribution in [1.29, 1.82) is 0 Å². The van der Waals surface area contributed by atoms with Gasteiger partial charge >= 0.3 is 5.97 Å². The van der Waals surface area contributed by atoms with Gasteiger partial charge in [-0.1, -0.05) is 0 Å². The highest BCUT2D eigenvalue weighted by Gasteiger charge is 2.28. The van der Waals surface area contributed by atoms with E-state index in [1.807, 2.05) is 23.2 Å². The number of fused-ring (bicyclic) bond motifs is 1. The van der Waals surface area contributed by atoms with Crippen molar-refractivity contribution >= 4 is 17.0 Å². The topological polar surface area (TPSA) is 81.2 Å². The van der Waals surface area contributed by atoms with Crippen LogP contribution in [0.15, 0.2) is 24.5 Å². The Morgan fingerprint density at radius 3 is 3.32 bits per heavy atom. The summed E-state index contributed by atoms with van der Waals surface area (Å²) in [5.74, 6) is -0.773. The first kappa shape index (κ1) is 12.1. The lowest BCUT2D eigenvalue weighted by atomic mass is 10.1. The Balaban J connectivity index is 1.85. The monoisotopic (exact) mass is 260 g/mol. The number of pyridine rings is 1. The van der Waals surface area contributed by atoms with Crippen LogP contribution in [0, 0.1) is 0 Å². The summed E-state index contributed by atoms with van der Waals surface area (Å²) in [6, 6.07) is 3.44. The molecule has 0 radical (unpaired) electrons. The summed E-state index contributed by atoms with van der Waals surface area (Å²) in [7, 11) is 0. The van der Waals surface area contributed by atoms with Gasteiger partial charge in [-0.15, -0.1) is 0 Å². The Morgan fingerprint density at radius 1 is 1.58 bits per heavy atom. The Hall–Kier alpha value is -1.92. The average Bonchev–Trinajstić information content (AvgIpc) is 2.83. The molecule has 100 valence electrons. The molecule has 1 aliphatic rings. The van der Waals surface area contributed by atoms with Crippen molar-refractivity contribution in [3.8, 4) is 0 Å². The summed E-state index contributed by atoms with van der Waals surface area (Å²) in [5, 5.41) is 13.4. The molecule has 6 nitrogen and oxygen atoms in total. The summed E-state index contributed by atoms with van der Waals surface area (Å²) in [6.45, 7) is 2.69. The molecule has 0 aromatic carbocycles. The van der Waals surface area contributed by atoms with Crippen LogP contribution in [0.25, 0.3) is 11.0 Å². The fourth-order valence-electron chi connectivity index (χ4n) is 2.54. The van der Waals surface area contributed by atoms with Crippen molar-refractivity contribution in [2.75, 3.05) is 19.6 Å². The molecule has 1 aliphatic heterocycles. The third-order valence-corrected chi connectivity index (χ3v) is 3.55. The Bertz CT molecular complexity index is 595. The van der Waals surface area contributed by atoms with E-state index in [2.05, 4.69) is 15.3 Å². The number of aromatic amines is 1. The highest BCUT2D eigenvalue weighted by atomic mass is 16.4. The van der Waals surface area contributed by atoms with Gasteiger partial charge in [0.1, 0.15) is 11.7 Å². The number of aliphatic carboxylic acids is 1. The zero-order valence-electron chi connectivity index (χ0n) is 10.5. The molecule has 2 aromatic rings. The first-order valence-corrected chi connectivity index (χ1v) is 6.34. The molecule has 3 N–H and O–H groups in total. The SMILES string of the molecule is O=C(O)C1CNCCN1Cc1c[nH]c2ncccc12. The van der Waals surface area contributed by atoms with Crippen molar-refractivity contribution < 1.29 is 9.90 Å². The largest absolute Gasteiger partial charge is 0.480 e. The Kier molecular flexibility index (Phi) is 3.18. The van der Waals surface area contributed by atoms with Gasteiger partial charge in [-0.05, 0) is 17.7 Å². The quantitative estimate of drug-likeness (QED) is 0.745. The van der Waals surface area contributed by atoms with Gasteiger partial charge < -0.3 is 15.4 Å². The molecular weight excluding hydrogens is 244 g/mol. The number of rotatable bonds is 3. The molecule has 0 aliphatic carbocycles. The smallest absolute Gasteiger partial charge is 0.322 e. The molecular formula is C13H16N4O2. The van der Waals surface area contributed by atoms with Crippen LogP contribution in [0.1, 0.15) is 5.56 Å². The molecule has 1 atom stereocenters. The number of carboxylic acids is 1. The van der Waals surface area contributed by atoms with Gasteiger partial charge in [0, 0.05) is 44.0 Å². The number of H-pyrrole nitrogens is 1. The predicted molar refractivity (Wildman–Crippen MR) is 70.8 cm³/mol. The Morgan fingerprint density at radius 2 is 2.47 bits per heavy atom. The molecule has 3 rings (SSSR count). The fraction of sp³-hybridized carbons (Fsp3) is 0.385. The summed E-state index contributed by atoms with van der Waals surface area (Å²) in [6.07, 6.45) is 3.66. The zero-order chi connectivity index (χ0) is 13.2.